The highest BCUT2D eigenvalue weighted by molar-refractivity contribution is 6.01. The molecule has 5 nitrogen and oxygen atoms in total. The van der Waals surface area contributed by atoms with Crippen LogP contribution in [0.2, 0.25) is 0 Å². The van der Waals surface area contributed by atoms with Crippen LogP contribution in [0.4, 0.5) is 0 Å². The minimum atomic E-state index is -0.227. The molecule has 0 bridgehead atoms. The zero-order valence-electron chi connectivity index (χ0n) is 15.7. The van der Waals surface area contributed by atoms with E-state index >= 15 is 0 Å². The van der Waals surface area contributed by atoms with Crippen LogP contribution in [0.15, 0.2) is 36.4 Å². The van der Waals surface area contributed by atoms with Crippen LogP contribution in [0.1, 0.15) is 41.5 Å². The van der Waals surface area contributed by atoms with E-state index in [2.05, 4.69) is 9.47 Å². The zero-order valence-corrected chi connectivity index (χ0v) is 15.7. The quantitative estimate of drug-likeness (QED) is 0.841. The second-order valence-corrected chi connectivity index (χ2v) is 7.21. The molecule has 138 valence electrons. The number of hydrogen-bond donors (Lipinski definition) is 1. The van der Waals surface area contributed by atoms with Crippen LogP contribution in [0.5, 0.6) is 0 Å². The lowest BCUT2D eigenvalue weighted by Crippen LogP contribution is -2.46. The van der Waals surface area contributed by atoms with Crippen molar-refractivity contribution in [2.45, 2.75) is 39.7 Å². The number of aromatic nitrogens is 1. The molecule has 1 saturated heterocycles. The van der Waals surface area contributed by atoms with Gasteiger partial charge in [0.1, 0.15) is 0 Å². The summed E-state index contributed by atoms with van der Waals surface area (Å²) in [6.45, 7) is 7.45. The van der Waals surface area contributed by atoms with E-state index in [0.717, 1.165) is 48.6 Å². The molecule has 2 aromatic rings. The number of piperidine rings is 1. The second-order valence-electron chi connectivity index (χ2n) is 7.21. The number of rotatable bonds is 5. The van der Waals surface area contributed by atoms with Crippen molar-refractivity contribution in [1.29, 1.82) is 0 Å². The van der Waals surface area contributed by atoms with Crippen molar-refractivity contribution in [3.63, 3.8) is 0 Å². The molecule has 3 rings (SSSR count). The maximum Gasteiger partial charge on any atom is 0.220 e. The van der Waals surface area contributed by atoms with Gasteiger partial charge in [0.05, 0.1) is 6.04 Å². The molecule has 1 aliphatic rings. The Balaban J connectivity index is 1.79. The summed E-state index contributed by atoms with van der Waals surface area (Å²) in [5.74, 6) is -0.149. The second kappa shape index (κ2) is 7.46. The van der Waals surface area contributed by atoms with Gasteiger partial charge in [-0.25, -0.2) is 0 Å². The molecule has 0 spiro atoms. The van der Waals surface area contributed by atoms with Gasteiger partial charge in [-0.05, 0) is 64.9 Å². The van der Waals surface area contributed by atoms with E-state index in [0.29, 0.717) is 0 Å². The standard InChI is InChI=1S/C21H27N3O2/c1-14-13-19(15(2)24(14)18-7-5-4-6-8-18)20(25)16(3)23-11-9-17(10-12-23)21(22)26/h4-8,13,16-17H,9-12H2,1-3H3,(H2,22,26)/t16-/m0/s1. The zero-order chi connectivity index (χ0) is 18.8. The van der Waals surface area contributed by atoms with Gasteiger partial charge in [0.25, 0.3) is 0 Å². The van der Waals surface area contributed by atoms with Gasteiger partial charge in [0.2, 0.25) is 5.91 Å². The monoisotopic (exact) mass is 353 g/mol. The normalized spacial score (nSPS) is 17.2. The van der Waals surface area contributed by atoms with Gasteiger partial charge in [-0.3, -0.25) is 14.5 Å². The molecular formula is C21H27N3O2. The minimum Gasteiger partial charge on any atom is -0.369 e. The summed E-state index contributed by atoms with van der Waals surface area (Å²) in [5.41, 5.74) is 9.27. The lowest BCUT2D eigenvalue weighted by Gasteiger charge is -2.34. The Morgan fingerprint density at radius 1 is 1.12 bits per heavy atom. The van der Waals surface area contributed by atoms with Crippen LogP contribution in [-0.4, -0.2) is 40.3 Å². The third-order valence-electron chi connectivity index (χ3n) is 5.57. The first-order valence-corrected chi connectivity index (χ1v) is 9.22. The van der Waals surface area contributed by atoms with Crippen molar-refractivity contribution in [2.75, 3.05) is 13.1 Å². The molecule has 0 radical (unpaired) electrons. The molecule has 1 aromatic carbocycles. The van der Waals surface area contributed by atoms with Crippen molar-refractivity contribution in [3.05, 3.63) is 53.3 Å². The number of Topliss-reactive ketones (excluding diaryl/α,β-unsaturated/α-hetero) is 1. The number of primary amides is 1. The van der Waals surface area contributed by atoms with E-state index in [-0.39, 0.29) is 23.7 Å². The van der Waals surface area contributed by atoms with Gasteiger partial charge in [-0.1, -0.05) is 18.2 Å². The Bertz CT molecular complexity index is 802. The number of ketones is 1. The number of likely N-dealkylation sites (tertiary alicyclic amines) is 1. The van der Waals surface area contributed by atoms with Crippen LogP contribution < -0.4 is 5.73 Å². The van der Waals surface area contributed by atoms with Gasteiger partial charge in [0.15, 0.2) is 5.78 Å². The predicted molar refractivity (Wildman–Crippen MR) is 103 cm³/mol. The molecular weight excluding hydrogens is 326 g/mol. The van der Waals surface area contributed by atoms with Crippen LogP contribution in [0.25, 0.3) is 5.69 Å². The molecule has 2 N–H and O–H groups in total. The van der Waals surface area contributed by atoms with Gasteiger partial charge in [-0.15, -0.1) is 0 Å². The number of carbonyl (C=O) groups is 2. The van der Waals surface area contributed by atoms with E-state index in [1.807, 2.05) is 57.2 Å². The highest BCUT2D eigenvalue weighted by atomic mass is 16.1. The van der Waals surface area contributed by atoms with Gasteiger partial charge < -0.3 is 10.3 Å². The third-order valence-corrected chi connectivity index (χ3v) is 5.57. The van der Waals surface area contributed by atoms with Gasteiger partial charge >= 0.3 is 0 Å². The highest BCUT2D eigenvalue weighted by Crippen LogP contribution is 2.25. The molecule has 0 saturated carbocycles. The molecule has 1 amide bonds. The van der Waals surface area contributed by atoms with E-state index in [1.54, 1.807) is 0 Å². The van der Waals surface area contributed by atoms with Crippen molar-refractivity contribution < 1.29 is 9.59 Å². The fourth-order valence-electron chi connectivity index (χ4n) is 3.95. The fraction of sp³-hybridized carbons (Fsp3) is 0.429. The maximum absolute atomic E-state index is 13.1. The summed E-state index contributed by atoms with van der Waals surface area (Å²) in [7, 11) is 0. The van der Waals surface area contributed by atoms with E-state index in [9.17, 15) is 9.59 Å². The number of carbonyl (C=O) groups excluding carboxylic acids is 2. The first-order chi connectivity index (χ1) is 12.4. The van der Waals surface area contributed by atoms with Crippen LogP contribution in [0.3, 0.4) is 0 Å². The summed E-state index contributed by atoms with van der Waals surface area (Å²) >= 11 is 0. The number of benzene rings is 1. The molecule has 0 unspecified atom stereocenters. The average Bonchev–Trinajstić information content (AvgIpc) is 2.95. The van der Waals surface area contributed by atoms with Crippen LogP contribution in [-0.2, 0) is 4.79 Å². The van der Waals surface area contributed by atoms with E-state index in [1.165, 1.54) is 0 Å². The lowest BCUT2D eigenvalue weighted by molar-refractivity contribution is -0.123. The summed E-state index contributed by atoms with van der Waals surface area (Å²) in [5, 5.41) is 0. The number of aryl methyl sites for hydroxylation is 1. The van der Waals surface area contributed by atoms with Crippen molar-refractivity contribution in [2.24, 2.45) is 11.7 Å². The molecule has 1 aliphatic heterocycles. The predicted octanol–water partition coefficient (Wildman–Crippen LogP) is 2.86. The molecule has 1 atom stereocenters. The summed E-state index contributed by atoms with van der Waals surface area (Å²) in [4.78, 5) is 26.6. The fourth-order valence-corrected chi connectivity index (χ4v) is 3.95. The first kappa shape index (κ1) is 18.4. The minimum absolute atomic E-state index is 0.0586. The van der Waals surface area contributed by atoms with Crippen molar-refractivity contribution in [1.82, 2.24) is 9.47 Å². The van der Waals surface area contributed by atoms with Crippen LogP contribution in [0, 0.1) is 19.8 Å². The number of hydrogen-bond acceptors (Lipinski definition) is 3. The number of para-hydroxylation sites is 1. The Morgan fingerprint density at radius 2 is 1.73 bits per heavy atom. The van der Waals surface area contributed by atoms with Crippen molar-refractivity contribution in [3.8, 4) is 5.69 Å². The van der Waals surface area contributed by atoms with Gasteiger partial charge in [0, 0.05) is 28.6 Å². The number of amides is 1. The topological polar surface area (TPSA) is 68.3 Å². The highest BCUT2D eigenvalue weighted by Gasteiger charge is 2.30. The lowest BCUT2D eigenvalue weighted by atomic mass is 9.94. The smallest absolute Gasteiger partial charge is 0.220 e. The Kier molecular flexibility index (Phi) is 5.28. The largest absolute Gasteiger partial charge is 0.369 e. The SMILES string of the molecule is Cc1cc(C(=O)[C@H](C)N2CCC(C(N)=O)CC2)c(C)n1-c1ccccc1. The van der Waals surface area contributed by atoms with Crippen LogP contribution >= 0.6 is 0 Å². The summed E-state index contributed by atoms with van der Waals surface area (Å²) < 4.78 is 2.12. The molecule has 5 heteroatoms. The van der Waals surface area contributed by atoms with E-state index in [4.69, 9.17) is 5.73 Å². The molecule has 2 heterocycles. The maximum atomic E-state index is 13.1. The Labute approximate surface area is 154 Å². The molecule has 1 aromatic heterocycles. The number of nitrogens with two attached hydrogens (primary N) is 1. The summed E-state index contributed by atoms with van der Waals surface area (Å²) in [6, 6.07) is 11.9. The average molecular weight is 353 g/mol. The Hall–Kier alpha value is -2.40. The summed E-state index contributed by atoms with van der Waals surface area (Å²) in [6.07, 6.45) is 1.46. The van der Waals surface area contributed by atoms with Crippen molar-refractivity contribution >= 4 is 11.7 Å². The third kappa shape index (κ3) is 3.44. The number of nitrogens with zero attached hydrogens (tertiary/aromatic N) is 2. The molecule has 26 heavy (non-hydrogen) atoms. The molecule has 0 aliphatic carbocycles. The van der Waals surface area contributed by atoms with E-state index < -0.39 is 0 Å². The van der Waals surface area contributed by atoms with Gasteiger partial charge in [-0.2, -0.15) is 0 Å². The molecule has 1 fully saturated rings. The first-order valence-electron chi connectivity index (χ1n) is 9.22. The Morgan fingerprint density at radius 3 is 2.31 bits per heavy atom.